The highest BCUT2D eigenvalue weighted by Gasteiger charge is 2.22. The summed E-state index contributed by atoms with van der Waals surface area (Å²) in [5.41, 5.74) is 0. The predicted molar refractivity (Wildman–Crippen MR) is 82.9 cm³/mol. The molecule has 0 spiro atoms. The summed E-state index contributed by atoms with van der Waals surface area (Å²) >= 11 is 0. The molecular weight excluding hydrogens is 266 g/mol. The van der Waals surface area contributed by atoms with E-state index in [9.17, 15) is 0 Å². The fourth-order valence-electron chi connectivity index (χ4n) is 2.59. The van der Waals surface area contributed by atoms with Crippen LogP contribution in [0.4, 0.5) is 11.9 Å². The molecule has 0 radical (unpaired) electrons. The van der Waals surface area contributed by atoms with Crippen molar-refractivity contribution in [2.75, 3.05) is 29.9 Å². The van der Waals surface area contributed by atoms with Gasteiger partial charge < -0.3 is 15.0 Å². The van der Waals surface area contributed by atoms with Gasteiger partial charge in [-0.2, -0.15) is 15.0 Å². The molecule has 1 saturated carbocycles. The fraction of sp³-hybridized carbons (Fsp3) is 0.800. The van der Waals surface area contributed by atoms with Crippen LogP contribution in [0.1, 0.15) is 51.9 Å². The first kappa shape index (κ1) is 14.4. The van der Waals surface area contributed by atoms with Crippen LogP contribution in [-0.4, -0.2) is 40.7 Å². The van der Waals surface area contributed by atoms with Gasteiger partial charge in [-0.05, 0) is 44.9 Å². The number of ether oxygens (including phenoxy) is 1. The summed E-state index contributed by atoms with van der Waals surface area (Å²) < 4.78 is 5.87. The summed E-state index contributed by atoms with van der Waals surface area (Å²) in [5, 5.41) is 3.25. The quantitative estimate of drug-likeness (QED) is 0.869. The van der Waals surface area contributed by atoms with Crippen LogP contribution in [0.25, 0.3) is 0 Å². The second-order valence-corrected chi connectivity index (χ2v) is 5.89. The lowest BCUT2D eigenvalue weighted by Gasteiger charge is -2.28. The number of rotatable bonds is 6. The predicted octanol–water partition coefficient (Wildman–Crippen LogP) is 2.62. The molecule has 2 heterocycles. The summed E-state index contributed by atoms with van der Waals surface area (Å²) in [6.07, 6.45) is 8.53. The average molecular weight is 291 g/mol. The van der Waals surface area contributed by atoms with Crippen molar-refractivity contribution < 1.29 is 4.74 Å². The number of nitrogens with one attached hydrogen (secondary N) is 1. The highest BCUT2D eigenvalue weighted by Crippen LogP contribution is 2.25. The van der Waals surface area contributed by atoms with Crippen LogP contribution >= 0.6 is 0 Å². The third kappa shape index (κ3) is 3.74. The van der Waals surface area contributed by atoms with Crippen LogP contribution in [0.3, 0.4) is 0 Å². The van der Waals surface area contributed by atoms with Crippen LogP contribution in [0.15, 0.2) is 0 Å². The first-order chi connectivity index (χ1) is 10.3. The Labute approximate surface area is 126 Å². The average Bonchev–Trinajstić information content (AvgIpc) is 2.50. The van der Waals surface area contributed by atoms with Crippen molar-refractivity contribution in [3.8, 4) is 6.01 Å². The first-order valence-electron chi connectivity index (χ1n) is 8.26. The van der Waals surface area contributed by atoms with Gasteiger partial charge in [0, 0.05) is 19.6 Å². The van der Waals surface area contributed by atoms with Crippen molar-refractivity contribution in [2.24, 2.45) is 0 Å². The monoisotopic (exact) mass is 291 g/mol. The van der Waals surface area contributed by atoms with Gasteiger partial charge in [0.15, 0.2) is 0 Å². The zero-order valence-electron chi connectivity index (χ0n) is 12.8. The van der Waals surface area contributed by atoms with Gasteiger partial charge >= 0.3 is 6.01 Å². The van der Waals surface area contributed by atoms with E-state index >= 15 is 0 Å². The normalized spacial score (nSPS) is 19.2. The number of hydrogen-bond acceptors (Lipinski definition) is 6. The van der Waals surface area contributed by atoms with E-state index in [1.54, 1.807) is 0 Å². The second kappa shape index (κ2) is 6.91. The van der Waals surface area contributed by atoms with E-state index in [2.05, 4.69) is 32.1 Å². The number of nitrogens with zero attached hydrogens (tertiary/aromatic N) is 4. The lowest BCUT2D eigenvalue weighted by atomic mass is 9.96. The molecule has 6 nitrogen and oxygen atoms in total. The number of aromatic nitrogens is 3. The van der Waals surface area contributed by atoms with Gasteiger partial charge in [0.2, 0.25) is 11.9 Å². The smallest absolute Gasteiger partial charge is 0.323 e. The highest BCUT2D eigenvalue weighted by atomic mass is 16.5. The van der Waals surface area contributed by atoms with E-state index in [1.165, 1.54) is 25.7 Å². The van der Waals surface area contributed by atoms with Gasteiger partial charge in [0.25, 0.3) is 0 Å². The molecule has 1 aromatic rings. The van der Waals surface area contributed by atoms with Crippen molar-refractivity contribution in [2.45, 2.75) is 58.0 Å². The van der Waals surface area contributed by atoms with Crippen LogP contribution in [0, 0.1) is 0 Å². The molecule has 0 aromatic carbocycles. The fourth-order valence-corrected chi connectivity index (χ4v) is 2.59. The van der Waals surface area contributed by atoms with Gasteiger partial charge in [0.1, 0.15) is 6.10 Å². The molecule has 1 saturated heterocycles. The third-order valence-corrected chi connectivity index (χ3v) is 4.10. The van der Waals surface area contributed by atoms with E-state index in [4.69, 9.17) is 4.74 Å². The number of anilines is 2. The Balaban J connectivity index is 1.76. The summed E-state index contributed by atoms with van der Waals surface area (Å²) in [6, 6.07) is 0.480. The maximum Gasteiger partial charge on any atom is 0.323 e. The second-order valence-electron chi connectivity index (χ2n) is 5.89. The maximum atomic E-state index is 5.87. The summed E-state index contributed by atoms with van der Waals surface area (Å²) in [4.78, 5) is 15.7. The van der Waals surface area contributed by atoms with Gasteiger partial charge in [-0.3, -0.25) is 0 Å². The summed E-state index contributed by atoms with van der Waals surface area (Å²) in [7, 11) is 0. The SMILES string of the molecule is CCCNc1nc(OC2CCC2)nc(N2CCCCC2)n1. The topological polar surface area (TPSA) is 63.2 Å². The van der Waals surface area contributed by atoms with E-state index < -0.39 is 0 Å². The zero-order chi connectivity index (χ0) is 14.5. The van der Waals surface area contributed by atoms with Crippen molar-refractivity contribution in [1.82, 2.24) is 15.0 Å². The molecule has 21 heavy (non-hydrogen) atoms. The molecular formula is C15H25N5O. The lowest BCUT2D eigenvalue weighted by Crippen LogP contribution is -2.32. The zero-order valence-corrected chi connectivity index (χ0v) is 12.8. The molecule has 2 aliphatic rings. The number of hydrogen-bond donors (Lipinski definition) is 1. The molecule has 2 fully saturated rings. The molecule has 3 rings (SSSR count). The van der Waals surface area contributed by atoms with Crippen molar-refractivity contribution in [3.63, 3.8) is 0 Å². The molecule has 1 aromatic heterocycles. The Bertz CT molecular complexity index is 457. The first-order valence-corrected chi connectivity index (χ1v) is 8.26. The molecule has 0 amide bonds. The minimum Gasteiger partial charge on any atom is -0.460 e. The Hall–Kier alpha value is -1.59. The Morgan fingerprint density at radius 3 is 2.57 bits per heavy atom. The molecule has 1 N–H and O–H groups in total. The molecule has 6 heteroatoms. The van der Waals surface area contributed by atoms with Gasteiger partial charge in [0.05, 0.1) is 0 Å². The van der Waals surface area contributed by atoms with E-state index in [0.717, 1.165) is 44.8 Å². The lowest BCUT2D eigenvalue weighted by molar-refractivity contribution is 0.108. The van der Waals surface area contributed by atoms with Crippen LogP contribution in [0.2, 0.25) is 0 Å². The standard InChI is InChI=1S/C15H25N5O/c1-2-9-16-13-17-14(20-10-4-3-5-11-20)19-15(18-13)21-12-7-6-8-12/h12H,2-11H2,1H3,(H,16,17,18,19). The van der Waals surface area contributed by atoms with Crippen molar-refractivity contribution >= 4 is 11.9 Å². The van der Waals surface area contributed by atoms with Crippen LogP contribution in [-0.2, 0) is 0 Å². The summed E-state index contributed by atoms with van der Waals surface area (Å²) in [6.45, 7) is 5.05. The summed E-state index contributed by atoms with van der Waals surface area (Å²) in [5.74, 6) is 1.40. The molecule has 116 valence electrons. The minimum atomic E-state index is 0.292. The third-order valence-electron chi connectivity index (χ3n) is 4.10. The van der Waals surface area contributed by atoms with E-state index in [-0.39, 0.29) is 0 Å². The molecule has 1 aliphatic heterocycles. The Morgan fingerprint density at radius 1 is 1.10 bits per heavy atom. The Morgan fingerprint density at radius 2 is 1.90 bits per heavy atom. The highest BCUT2D eigenvalue weighted by molar-refractivity contribution is 5.38. The van der Waals surface area contributed by atoms with Gasteiger partial charge in [-0.1, -0.05) is 6.92 Å². The molecule has 1 aliphatic carbocycles. The minimum absolute atomic E-state index is 0.292. The van der Waals surface area contributed by atoms with Crippen LogP contribution in [0.5, 0.6) is 6.01 Å². The van der Waals surface area contributed by atoms with Crippen molar-refractivity contribution in [3.05, 3.63) is 0 Å². The number of piperidine rings is 1. The largest absolute Gasteiger partial charge is 0.460 e. The van der Waals surface area contributed by atoms with Crippen molar-refractivity contribution in [1.29, 1.82) is 0 Å². The van der Waals surface area contributed by atoms with E-state index in [1.807, 2.05) is 0 Å². The van der Waals surface area contributed by atoms with Crippen LogP contribution < -0.4 is 15.0 Å². The molecule has 0 atom stereocenters. The van der Waals surface area contributed by atoms with Gasteiger partial charge in [-0.15, -0.1) is 0 Å². The maximum absolute atomic E-state index is 5.87. The molecule has 0 bridgehead atoms. The van der Waals surface area contributed by atoms with Gasteiger partial charge in [-0.25, -0.2) is 0 Å². The molecule has 0 unspecified atom stereocenters. The van der Waals surface area contributed by atoms with E-state index in [0.29, 0.717) is 18.1 Å². The Kier molecular flexibility index (Phi) is 4.72.